The molecule has 7 nitrogen and oxygen atoms in total. The lowest BCUT2D eigenvalue weighted by Gasteiger charge is -2.27. The van der Waals surface area contributed by atoms with Gasteiger partial charge in [-0.1, -0.05) is 13.8 Å². The number of amides is 1. The molecule has 2 rings (SSSR count). The van der Waals surface area contributed by atoms with Gasteiger partial charge >= 0.3 is 0 Å². The van der Waals surface area contributed by atoms with Crippen LogP contribution in [0.25, 0.3) is 0 Å². The van der Waals surface area contributed by atoms with E-state index in [1.54, 1.807) is 38.4 Å². The Bertz CT molecular complexity index is 823. The number of benzene rings is 2. The van der Waals surface area contributed by atoms with Crippen molar-refractivity contribution < 1.29 is 19.0 Å². The quantitative estimate of drug-likeness (QED) is 0.542. The molecule has 0 heterocycles. The summed E-state index contributed by atoms with van der Waals surface area (Å²) in [5.74, 6) is 1.25. The highest BCUT2D eigenvalue weighted by molar-refractivity contribution is 6.07. The van der Waals surface area contributed by atoms with Crippen LogP contribution in [-0.4, -0.2) is 72.4 Å². The van der Waals surface area contributed by atoms with Gasteiger partial charge in [0.15, 0.2) is 11.5 Å². The smallest absolute Gasteiger partial charge is 0.258 e. The van der Waals surface area contributed by atoms with E-state index in [0.717, 1.165) is 31.0 Å². The number of ether oxygens (including phenoxy) is 3. The third-order valence-electron chi connectivity index (χ3n) is 5.37. The predicted octanol–water partition coefficient (Wildman–Crippen LogP) is 3.77. The average molecular weight is 430 g/mol. The molecule has 0 unspecified atom stereocenters. The maximum absolute atomic E-state index is 13.6. The predicted molar refractivity (Wildman–Crippen MR) is 126 cm³/mol. The van der Waals surface area contributed by atoms with Crippen molar-refractivity contribution in [3.63, 3.8) is 0 Å². The highest BCUT2D eigenvalue weighted by atomic mass is 16.5. The highest BCUT2D eigenvalue weighted by Gasteiger charge is 2.23. The molecule has 0 atom stereocenters. The molecular weight excluding hydrogens is 394 g/mol. The van der Waals surface area contributed by atoms with Crippen LogP contribution < -0.4 is 24.0 Å². The van der Waals surface area contributed by atoms with Crippen LogP contribution in [0.1, 0.15) is 24.2 Å². The highest BCUT2D eigenvalue weighted by Crippen LogP contribution is 2.38. The largest absolute Gasteiger partial charge is 0.493 e. The molecule has 0 radical (unpaired) electrons. The molecule has 0 aliphatic heterocycles. The minimum absolute atomic E-state index is 0.121. The molecule has 0 N–H and O–H groups in total. The van der Waals surface area contributed by atoms with Gasteiger partial charge in [-0.25, -0.2) is 0 Å². The minimum atomic E-state index is -0.121. The van der Waals surface area contributed by atoms with Gasteiger partial charge in [0.25, 0.3) is 5.91 Å². The summed E-state index contributed by atoms with van der Waals surface area (Å²) in [6, 6.07) is 11.4. The number of carbonyl (C=O) groups excluding carboxylic acids is 1. The topological polar surface area (TPSA) is 54.5 Å². The summed E-state index contributed by atoms with van der Waals surface area (Å²) in [5.41, 5.74) is 2.40. The molecule has 0 saturated heterocycles. The van der Waals surface area contributed by atoms with Crippen LogP contribution in [0.3, 0.4) is 0 Å². The molecule has 0 aliphatic rings. The zero-order chi connectivity index (χ0) is 23.0. The summed E-state index contributed by atoms with van der Waals surface area (Å²) in [6.07, 6.45) is 0. The summed E-state index contributed by atoms with van der Waals surface area (Å²) < 4.78 is 16.3. The van der Waals surface area contributed by atoms with Crippen molar-refractivity contribution in [2.75, 3.05) is 71.4 Å². The van der Waals surface area contributed by atoms with E-state index in [4.69, 9.17) is 14.2 Å². The van der Waals surface area contributed by atoms with Gasteiger partial charge < -0.3 is 28.9 Å². The number of methoxy groups -OCH3 is 3. The fourth-order valence-corrected chi connectivity index (χ4v) is 3.42. The van der Waals surface area contributed by atoms with Gasteiger partial charge in [0.1, 0.15) is 0 Å². The normalized spacial score (nSPS) is 10.7. The van der Waals surface area contributed by atoms with Gasteiger partial charge in [0, 0.05) is 44.1 Å². The SMILES string of the molecule is CCN(CC)CCN(C(=O)c1cc(OC)c(OC)c(OC)c1)c1ccc(N(C)C)cc1. The summed E-state index contributed by atoms with van der Waals surface area (Å²) in [5, 5.41) is 0. The lowest BCUT2D eigenvalue weighted by Crippen LogP contribution is -2.39. The third-order valence-corrected chi connectivity index (χ3v) is 5.37. The molecule has 2 aromatic carbocycles. The van der Waals surface area contributed by atoms with Gasteiger partial charge in [-0.15, -0.1) is 0 Å². The molecule has 0 spiro atoms. The van der Waals surface area contributed by atoms with Crippen molar-refractivity contribution in [2.45, 2.75) is 13.8 Å². The Morgan fingerprint density at radius 2 is 1.32 bits per heavy atom. The van der Waals surface area contributed by atoms with Crippen molar-refractivity contribution in [2.24, 2.45) is 0 Å². The number of anilines is 2. The van der Waals surface area contributed by atoms with Crippen molar-refractivity contribution in [1.29, 1.82) is 0 Å². The van der Waals surface area contributed by atoms with Gasteiger partial charge in [0.05, 0.1) is 21.3 Å². The van der Waals surface area contributed by atoms with Crippen LogP contribution in [0.5, 0.6) is 17.2 Å². The zero-order valence-corrected chi connectivity index (χ0v) is 19.8. The van der Waals surface area contributed by atoms with Gasteiger partial charge in [-0.3, -0.25) is 4.79 Å². The Morgan fingerprint density at radius 1 is 0.806 bits per heavy atom. The van der Waals surface area contributed by atoms with Crippen molar-refractivity contribution in [1.82, 2.24) is 4.90 Å². The first-order valence-corrected chi connectivity index (χ1v) is 10.5. The van der Waals surface area contributed by atoms with Crippen molar-refractivity contribution in [3.05, 3.63) is 42.0 Å². The lowest BCUT2D eigenvalue weighted by molar-refractivity contribution is 0.0983. The number of hydrogen-bond acceptors (Lipinski definition) is 6. The first kappa shape index (κ1) is 24.3. The summed E-state index contributed by atoms with van der Waals surface area (Å²) in [4.78, 5) is 19.8. The van der Waals surface area contributed by atoms with Crippen LogP contribution in [-0.2, 0) is 0 Å². The first-order chi connectivity index (χ1) is 14.9. The molecule has 31 heavy (non-hydrogen) atoms. The molecule has 7 heteroatoms. The summed E-state index contributed by atoms with van der Waals surface area (Å²) in [7, 11) is 8.63. The second-order valence-electron chi connectivity index (χ2n) is 7.31. The molecule has 170 valence electrons. The third kappa shape index (κ3) is 5.82. The van der Waals surface area contributed by atoms with Crippen LogP contribution in [0, 0.1) is 0 Å². The Labute approximate surface area is 186 Å². The summed E-state index contributed by atoms with van der Waals surface area (Å²) in [6.45, 7) is 7.46. The fourth-order valence-electron chi connectivity index (χ4n) is 3.42. The van der Waals surface area contributed by atoms with E-state index in [1.807, 2.05) is 43.3 Å². The minimum Gasteiger partial charge on any atom is -0.493 e. The fraction of sp³-hybridized carbons (Fsp3) is 0.458. The van der Waals surface area contributed by atoms with Crippen LogP contribution in [0.2, 0.25) is 0 Å². The number of likely N-dealkylation sites (N-methyl/N-ethyl adjacent to an activating group) is 1. The van der Waals surface area contributed by atoms with Gasteiger partial charge in [0.2, 0.25) is 5.75 Å². The number of rotatable bonds is 11. The number of carbonyl (C=O) groups is 1. The van der Waals surface area contributed by atoms with Gasteiger partial charge in [-0.05, 0) is 49.5 Å². The Kier molecular flexibility index (Phi) is 9.00. The number of nitrogens with zero attached hydrogens (tertiary/aromatic N) is 3. The monoisotopic (exact) mass is 429 g/mol. The second kappa shape index (κ2) is 11.5. The van der Waals surface area contributed by atoms with Crippen LogP contribution in [0.4, 0.5) is 11.4 Å². The lowest BCUT2D eigenvalue weighted by atomic mass is 10.1. The van der Waals surface area contributed by atoms with Gasteiger partial charge in [-0.2, -0.15) is 0 Å². The van der Waals surface area contributed by atoms with Crippen LogP contribution in [0.15, 0.2) is 36.4 Å². The standard InChI is InChI=1S/C24H35N3O4/c1-8-26(9-2)14-15-27(20-12-10-19(11-13-20)25(3)4)24(28)18-16-21(29-5)23(31-7)22(17-18)30-6/h10-13,16-17H,8-9,14-15H2,1-7H3. The molecule has 0 aromatic heterocycles. The molecule has 0 aliphatic carbocycles. The molecule has 0 saturated carbocycles. The first-order valence-electron chi connectivity index (χ1n) is 10.5. The molecule has 2 aromatic rings. The van der Waals surface area contributed by atoms with Crippen molar-refractivity contribution in [3.8, 4) is 17.2 Å². The van der Waals surface area contributed by atoms with Crippen molar-refractivity contribution >= 4 is 17.3 Å². The van der Waals surface area contributed by atoms with E-state index in [9.17, 15) is 4.79 Å². The molecule has 1 amide bonds. The zero-order valence-electron chi connectivity index (χ0n) is 19.8. The maximum Gasteiger partial charge on any atom is 0.258 e. The van der Waals surface area contributed by atoms with E-state index in [2.05, 4.69) is 18.7 Å². The number of hydrogen-bond donors (Lipinski definition) is 0. The van der Waals surface area contributed by atoms with E-state index in [0.29, 0.717) is 29.4 Å². The van der Waals surface area contributed by atoms with Crippen LogP contribution >= 0.6 is 0 Å². The summed E-state index contributed by atoms with van der Waals surface area (Å²) >= 11 is 0. The average Bonchev–Trinajstić information content (AvgIpc) is 2.80. The van der Waals surface area contributed by atoms with E-state index in [1.165, 1.54) is 0 Å². The maximum atomic E-state index is 13.6. The molecule has 0 fully saturated rings. The molecule has 0 bridgehead atoms. The van der Waals surface area contributed by atoms with E-state index < -0.39 is 0 Å². The van der Waals surface area contributed by atoms with E-state index in [-0.39, 0.29) is 5.91 Å². The Balaban J connectivity index is 2.46. The Hall–Kier alpha value is -2.93. The second-order valence-corrected chi connectivity index (χ2v) is 7.31. The van der Waals surface area contributed by atoms with E-state index >= 15 is 0 Å². The Morgan fingerprint density at radius 3 is 1.74 bits per heavy atom. The molecular formula is C24H35N3O4.